The van der Waals surface area contributed by atoms with Crippen LogP contribution in [0.3, 0.4) is 0 Å². The molecule has 6 N–H and O–H groups in total. The molecule has 14 heavy (non-hydrogen) atoms. The molecular weight excluding hydrogens is 286 g/mol. The number of carboxylic acids is 2. The summed E-state index contributed by atoms with van der Waals surface area (Å²) < 4.78 is 17.0. The van der Waals surface area contributed by atoms with Crippen LogP contribution in [-0.4, -0.2) is 45.2 Å². The molecule has 0 radical (unpaired) electrons. The Bertz CT molecular complexity index is 198. The van der Waals surface area contributed by atoms with Gasteiger partial charge in [0.2, 0.25) is 6.23 Å². The summed E-state index contributed by atoms with van der Waals surface area (Å²) >= 11 is -2.03. The number of aliphatic carboxylic acids is 2. The molecule has 0 spiro atoms. The van der Waals surface area contributed by atoms with Crippen molar-refractivity contribution in [2.24, 2.45) is 5.73 Å². The van der Waals surface area contributed by atoms with Crippen LogP contribution >= 0.6 is 0 Å². The van der Waals surface area contributed by atoms with Crippen molar-refractivity contribution in [1.82, 2.24) is 0 Å². The van der Waals surface area contributed by atoms with Gasteiger partial charge in [0.05, 0.1) is 0 Å². The van der Waals surface area contributed by atoms with Crippen LogP contribution in [0.25, 0.3) is 0 Å². The third-order valence-electron chi connectivity index (χ3n) is 0.388. The summed E-state index contributed by atoms with van der Waals surface area (Å²) in [6.45, 7) is -0.778. The molecule has 0 aromatic rings. The average Bonchev–Trinajstić information content (AvgIpc) is 2.06. The van der Waals surface area contributed by atoms with Crippen molar-refractivity contribution in [2.45, 2.75) is 6.23 Å². The summed E-state index contributed by atoms with van der Waals surface area (Å²) in [7, 11) is 0. The number of aliphatic hydroxyl groups is 2. The fourth-order valence-electron chi connectivity index (χ4n) is 0. The summed E-state index contributed by atoms with van der Waals surface area (Å²) in [5, 5.41) is 30.4. The van der Waals surface area contributed by atoms with Gasteiger partial charge in [0, 0.05) is 0 Å². The molecule has 0 saturated heterocycles. The van der Waals surface area contributed by atoms with Crippen molar-refractivity contribution >= 4 is 11.9 Å². The Morgan fingerprint density at radius 3 is 1.43 bits per heavy atom. The summed E-state index contributed by atoms with van der Waals surface area (Å²) in [6, 6.07) is 0. The van der Waals surface area contributed by atoms with Gasteiger partial charge in [0.1, 0.15) is 6.61 Å². The first kappa shape index (κ1) is 18.8. The average molecular weight is 295 g/mol. The van der Waals surface area contributed by atoms with Crippen LogP contribution in [0, 0.1) is 0 Å². The molecule has 0 aliphatic carbocycles. The Labute approximate surface area is 86.3 Å². The van der Waals surface area contributed by atoms with Crippen molar-refractivity contribution in [2.75, 3.05) is 6.61 Å². The van der Waals surface area contributed by atoms with Gasteiger partial charge in [-0.05, 0) is 0 Å². The number of carboxylic acid groups (broad SMARTS) is 2. The molecule has 10 heteroatoms. The molecule has 0 aromatic heterocycles. The molecule has 0 saturated carbocycles. The summed E-state index contributed by atoms with van der Waals surface area (Å²) in [5.74, 6) is -2.60. The van der Waals surface area contributed by atoms with E-state index in [0.29, 0.717) is 0 Å². The maximum atomic E-state index is 9.32. The summed E-state index contributed by atoms with van der Waals surface area (Å²) in [4.78, 5) is 18.4. The van der Waals surface area contributed by atoms with Gasteiger partial charge in [-0.3, -0.25) is 5.73 Å². The predicted molar refractivity (Wildman–Crippen MR) is 33.9 cm³/mol. The molecule has 0 aliphatic rings. The van der Waals surface area contributed by atoms with Gasteiger partial charge in [-0.2, -0.15) is 0 Å². The van der Waals surface area contributed by atoms with Crippen LogP contribution in [0.15, 0.2) is 0 Å². The third kappa shape index (κ3) is 43.5. The molecule has 9 nitrogen and oxygen atoms in total. The quantitative estimate of drug-likeness (QED) is 0.265. The van der Waals surface area contributed by atoms with E-state index in [1.54, 1.807) is 0 Å². The second-order valence-electron chi connectivity index (χ2n) is 1.40. The fourth-order valence-corrected chi connectivity index (χ4v) is 0. The Balaban J connectivity index is -0.000000138. The van der Waals surface area contributed by atoms with E-state index >= 15 is 0 Å². The standard InChI is InChI=1S/C2H5NO3.C2H4O3.Mo.2O/c3-1(4)2(5)6;3-1-2(4)5;;;/h1,4H,3H2,(H,5,6);3H,1H2,(H,4,5);;;. The predicted octanol–water partition coefficient (Wildman–Crippen LogP) is -2.83. The molecule has 0 aliphatic heterocycles. The Morgan fingerprint density at radius 1 is 1.29 bits per heavy atom. The van der Waals surface area contributed by atoms with Gasteiger partial charge in [-0.25, -0.2) is 9.59 Å². The molecule has 0 rings (SSSR count). The molecule has 0 amide bonds. The SMILES string of the molecule is NC(O)C(=O)O.O=C(O)CO.[O]=[Mo]=[O]. The van der Waals surface area contributed by atoms with E-state index < -0.39 is 43.3 Å². The monoisotopic (exact) mass is 297 g/mol. The molecule has 0 fully saturated rings. The number of carbonyl (C=O) groups is 2. The minimum atomic E-state index is -2.03. The van der Waals surface area contributed by atoms with Crippen LogP contribution in [-0.2, 0) is 34.9 Å². The second kappa shape index (κ2) is 14.6. The van der Waals surface area contributed by atoms with E-state index in [0.717, 1.165) is 0 Å². The molecular formula is C4H9MoNO8. The molecule has 84 valence electrons. The summed E-state index contributed by atoms with van der Waals surface area (Å²) in [5.41, 5.74) is 4.39. The first-order valence-electron chi connectivity index (χ1n) is 2.74. The Hall–Kier alpha value is -0.892. The minimum absolute atomic E-state index is 0.778. The van der Waals surface area contributed by atoms with Crippen LogP contribution in [0.5, 0.6) is 0 Å². The number of aliphatic hydroxyl groups excluding tert-OH is 2. The van der Waals surface area contributed by atoms with E-state index in [2.05, 4.69) is 5.73 Å². The van der Waals surface area contributed by atoms with Gasteiger partial charge in [-0.15, -0.1) is 0 Å². The normalized spacial score (nSPS) is 9.36. The Kier molecular flexibility index (Phi) is 19.6. The van der Waals surface area contributed by atoms with Crippen molar-refractivity contribution in [3.05, 3.63) is 0 Å². The first-order chi connectivity index (χ1) is 6.33. The zero-order valence-corrected chi connectivity index (χ0v) is 8.70. The Morgan fingerprint density at radius 2 is 1.43 bits per heavy atom. The number of nitrogens with two attached hydrogens (primary N) is 1. The van der Waals surface area contributed by atoms with Gasteiger partial charge in [-0.1, -0.05) is 0 Å². The van der Waals surface area contributed by atoms with Gasteiger partial charge < -0.3 is 20.4 Å². The van der Waals surface area contributed by atoms with Crippen molar-refractivity contribution < 1.29 is 55.3 Å². The van der Waals surface area contributed by atoms with E-state index in [-0.39, 0.29) is 0 Å². The van der Waals surface area contributed by atoms with Crippen molar-refractivity contribution in [1.29, 1.82) is 0 Å². The number of hydrogen-bond donors (Lipinski definition) is 5. The van der Waals surface area contributed by atoms with E-state index in [9.17, 15) is 4.79 Å². The van der Waals surface area contributed by atoms with Crippen LogP contribution in [0.1, 0.15) is 0 Å². The van der Waals surface area contributed by atoms with E-state index in [1.165, 1.54) is 0 Å². The van der Waals surface area contributed by atoms with Crippen molar-refractivity contribution in [3.8, 4) is 0 Å². The van der Waals surface area contributed by atoms with Crippen LogP contribution in [0.2, 0.25) is 0 Å². The first-order valence-corrected chi connectivity index (χ1v) is 4.38. The van der Waals surface area contributed by atoms with Gasteiger partial charge >= 0.3 is 37.2 Å². The zero-order valence-electron chi connectivity index (χ0n) is 6.69. The van der Waals surface area contributed by atoms with Crippen LogP contribution in [0.4, 0.5) is 0 Å². The number of hydrogen-bond acceptors (Lipinski definition) is 7. The maximum absolute atomic E-state index is 9.32. The van der Waals surface area contributed by atoms with Crippen molar-refractivity contribution in [3.63, 3.8) is 0 Å². The third-order valence-corrected chi connectivity index (χ3v) is 0.388. The molecule has 1 unspecified atom stereocenters. The molecule has 1 atom stereocenters. The van der Waals surface area contributed by atoms with Crippen LogP contribution < -0.4 is 5.73 Å². The van der Waals surface area contributed by atoms with E-state index in [1.807, 2.05) is 0 Å². The topological polar surface area (TPSA) is 175 Å². The molecule has 0 bridgehead atoms. The van der Waals surface area contributed by atoms with Gasteiger partial charge in [0.25, 0.3) is 0 Å². The van der Waals surface area contributed by atoms with E-state index in [4.69, 9.17) is 32.0 Å². The molecule has 0 heterocycles. The van der Waals surface area contributed by atoms with Gasteiger partial charge in [0.15, 0.2) is 0 Å². The number of rotatable bonds is 2. The second-order valence-corrected chi connectivity index (χ2v) is 1.74. The fraction of sp³-hybridized carbons (Fsp3) is 0.500. The summed E-state index contributed by atoms with van der Waals surface area (Å²) in [6.07, 6.45) is -1.73. The molecule has 0 aromatic carbocycles. The zero-order chi connectivity index (χ0) is 12.1.